The second-order valence-corrected chi connectivity index (χ2v) is 5.07. The van der Waals surface area contributed by atoms with Crippen molar-refractivity contribution in [3.8, 4) is 5.75 Å². The molecule has 0 fully saturated rings. The summed E-state index contributed by atoms with van der Waals surface area (Å²) in [4.78, 5) is 34.4. The third-order valence-corrected chi connectivity index (χ3v) is 3.23. The van der Waals surface area contributed by atoms with Gasteiger partial charge in [-0.25, -0.2) is 0 Å². The van der Waals surface area contributed by atoms with Gasteiger partial charge in [0.2, 0.25) is 11.8 Å². The van der Waals surface area contributed by atoms with E-state index in [9.17, 15) is 19.7 Å². The van der Waals surface area contributed by atoms with E-state index in [0.717, 1.165) is 0 Å². The van der Waals surface area contributed by atoms with Crippen molar-refractivity contribution in [1.82, 2.24) is 10.6 Å². The number of hydrogen-bond donors (Lipinski definition) is 2. The summed E-state index contributed by atoms with van der Waals surface area (Å²) >= 11 is 0. The Balaban J connectivity index is 3.00. The predicted octanol–water partition coefficient (Wildman–Crippen LogP) is 0.682. The van der Waals surface area contributed by atoms with E-state index in [1.165, 1.54) is 39.2 Å². The van der Waals surface area contributed by atoms with Gasteiger partial charge in [-0.3, -0.25) is 19.7 Å². The topological polar surface area (TPSA) is 114 Å². The van der Waals surface area contributed by atoms with E-state index in [1.54, 1.807) is 0 Å². The molecule has 0 unspecified atom stereocenters. The Morgan fingerprint density at radius 3 is 2.12 bits per heavy atom. The summed E-state index contributed by atoms with van der Waals surface area (Å²) in [5.41, 5.74) is 0.470. The highest BCUT2D eigenvalue weighted by Gasteiger charge is 2.17. The maximum Gasteiger partial charge on any atom is 0.271 e. The van der Waals surface area contributed by atoms with Crippen molar-refractivity contribution in [3.05, 3.63) is 28.3 Å². The zero-order valence-electron chi connectivity index (χ0n) is 14.0. The van der Waals surface area contributed by atoms with Crippen LogP contribution in [0.4, 0.5) is 11.4 Å². The van der Waals surface area contributed by atoms with Crippen molar-refractivity contribution in [2.75, 3.05) is 38.2 Å². The van der Waals surface area contributed by atoms with Crippen LogP contribution in [0.5, 0.6) is 5.75 Å². The number of rotatable bonds is 9. The minimum Gasteiger partial charge on any atom is -0.495 e. The molecule has 0 aliphatic heterocycles. The van der Waals surface area contributed by atoms with E-state index in [4.69, 9.17) is 4.74 Å². The largest absolute Gasteiger partial charge is 0.495 e. The lowest BCUT2D eigenvalue weighted by molar-refractivity contribution is -0.384. The molecule has 0 atom stereocenters. The van der Waals surface area contributed by atoms with Crippen molar-refractivity contribution < 1.29 is 19.2 Å². The molecule has 0 saturated heterocycles. The SMILES string of the molecule is COc1ccc([N+](=O)[O-])cc1N(CCNC(C)=O)CCNC(C)=O. The van der Waals surface area contributed by atoms with Crippen LogP contribution in [-0.4, -0.2) is 50.0 Å². The second kappa shape index (κ2) is 9.33. The van der Waals surface area contributed by atoms with Crippen LogP contribution in [0, 0.1) is 10.1 Å². The molecule has 1 aromatic carbocycles. The maximum absolute atomic E-state index is 11.0. The molecule has 24 heavy (non-hydrogen) atoms. The van der Waals surface area contributed by atoms with Crippen LogP contribution >= 0.6 is 0 Å². The molecule has 0 aliphatic rings. The lowest BCUT2D eigenvalue weighted by atomic mass is 10.2. The average molecular weight is 338 g/mol. The summed E-state index contributed by atoms with van der Waals surface area (Å²) in [5, 5.41) is 16.4. The van der Waals surface area contributed by atoms with Gasteiger partial charge in [-0.1, -0.05) is 0 Å². The van der Waals surface area contributed by atoms with Crippen molar-refractivity contribution in [2.45, 2.75) is 13.8 Å². The van der Waals surface area contributed by atoms with E-state index in [1.807, 2.05) is 4.90 Å². The van der Waals surface area contributed by atoms with Gasteiger partial charge in [0.1, 0.15) is 5.75 Å². The minimum atomic E-state index is -0.483. The summed E-state index contributed by atoms with van der Waals surface area (Å²) in [6.07, 6.45) is 0. The molecular formula is C15H22N4O5. The van der Waals surface area contributed by atoms with Crippen LogP contribution in [0.2, 0.25) is 0 Å². The molecule has 9 nitrogen and oxygen atoms in total. The van der Waals surface area contributed by atoms with Gasteiger partial charge in [-0.2, -0.15) is 0 Å². The van der Waals surface area contributed by atoms with Crippen LogP contribution in [0.1, 0.15) is 13.8 Å². The molecule has 2 N–H and O–H groups in total. The van der Waals surface area contributed by atoms with E-state index in [0.29, 0.717) is 37.6 Å². The fourth-order valence-electron chi connectivity index (χ4n) is 2.13. The first kappa shape index (κ1) is 19.2. The Labute approximate surface area is 140 Å². The highest BCUT2D eigenvalue weighted by atomic mass is 16.6. The Morgan fingerprint density at radius 2 is 1.71 bits per heavy atom. The number of nitrogens with zero attached hydrogens (tertiary/aromatic N) is 2. The fraction of sp³-hybridized carbons (Fsp3) is 0.467. The number of hydrogen-bond acceptors (Lipinski definition) is 6. The first-order valence-electron chi connectivity index (χ1n) is 7.41. The zero-order valence-corrected chi connectivity index (χ0v) is 14.0. The smallest absolute Gasteiger partial charge is 0.271 e. The van der Waals surface area contributed by atoms with Crippen molar-refractivity contribution in [3.63, 3.8) is 0 Å². The highest BCUT2D eigenvalue weighted by Crippen LogP contribution is 2.31. The van der Waals surface area contributed by atoms with Gasteiger partial charge < -0.3 is 20.3 Å². The molecule has 9 heteroatoms. The molecule has 0 aliphatic carbocycles. The molecule has 132 valence electrons. The normalized spacial score (nSPS) is 9.96. The van der Waals surface area contributed by atoms with Crippen molar-refractivity contribution >= 4 is 23.2 Å². The number of carbonyl (C=O) groups excluding carboxylic acids is 2. The van der Waals surface area contributed by atoms with E-state index in [2.05, 4.69) is 10.6 Å². The van der Waals surface area contributed by atoms with Crippen LogP contribution in [0.25, 0.3) is 0 Å². The molecular weight excluding hydrogens is 316 g/mol. The number of benzene rings is 1. The molecule has 0 radical (unpaired) electrons. The maximum atomic E-state index is 11.0. The molecule has 0 heterocycles. The minimum absolute atomic E-state index is 0.0603. The molecule has 1 rings (SSSR count). The van der Waals surface area contributed by atoms with Crippen molar-refractivity contribution in [1.29, 1.82) is 0 Å². The lowest BCUT2D eigenvalue weighted by Crippen LogP contribution is -2.39. The van der Waals surface area contributed by atoms with Gasteiger partial charge >= 0.3 is 0 Å². The zero-order chi connectivity index (χ0) is 18.1. The highest BCUT2D eigenvalue weighted by molar-refractivity contribution is 5.73. The lowest BCUT2D eigenvalue weighted by Gasteiger charge is -2.26. The van der Waals surface area contributed by atoms with Gasteiger partial charge in [0.25, 0.3) is 5.69 Å². The molecule has 0 aromatic heterocycles. The van der Waals surface area contributed by atoms with E-state index < -0.39 is 4.92 Å². The van der Waals surface area contributed by atoms with Crippen LogP contribution in [-0.2, 0) is 9.59 Å². The number of non-ortho nitro benzene ring substituents is 1. The van der Waals surface area contributed by atoms with Crippen LogP contribution in [0.3, 0.4) is 0 Å². The molecule has 0 saturated carbocycles. The molecule has 2 amide bonds. The summed E-state index contributed by atoms with van der Waals surface area (Å²) < 4.78 is 5.28. The number of nitro benzene ring substituents is 1. The third kappa shape index (κ3) is 6.11. The number of anilines is 1. The van der Waals surface area contributed by atoms with Crippen molar-refractivity contribution in [2.24, 2.45) is 0 Å². The number of ether oxygens (including phenoxy) is 1. The van der Waals surface area contributed by atoms with Gasteiger partial charge in [0, 0.05) is 52.2 Å². The second-order valence-electron chi connectivity index (χ2n) is 5.07. The van der Waals surface area contributed by atoms with E-state index in [-0.39, 0.29) is 17.5 Å². The third-order valence-electron chi connectivity index (χ3n) is 3.23. The van der Waals surface area contributed by atoms with Gasteiger partial charge in [-0.05, 0) is 6.07 Å². The summed E-state index contributed by atoms with van der Waals surface area (Å²) in [6, 6.07) is 4.31. The van der Waals surface area contributed by atoms with Gasteiger partial charge in [0.15, 0.2) is 0 Å². The first-order valence-corrected chi connectivity index (χ1v) is 7.41. The molecule has 0 spiro atoms. The molecule has 0 bridgehead atoms. The number of nitrogens with one attached hydrogen (secondary N) is 2. The van der Waals surface area contributed by atoms with Gasteiger partial charge in [-0.15, -0.1) is 0 Å². The fourth-order valence-corrected chi connectivity index (χ4v) is 2.13. The number of amides is 2. The summed E-state index contributed by atoms with van der Waals surface area (Å²) in [6.45, 7) is 4.38. The van der Waals surface area contributed by atoms with Crippen LogP contribution < -0.4 is 20.3 Å². The molecule has 1 aromatic rings. The Hall–Kier alpha value is -2.84. The number of methoxy groups -OCH3 is 1. The van der Waals surface area contributed by atoms with Crippen LogP contribution in [0.15, 0.2) is 18.2 Å². The Kier molecular flexibility index (Phi) is 7.47. The Morgan fingerprint density at radius 1 is 1.17 bits per heavy atom. The van der Waals surface area contributed by atoms with Gasteiger partial charge in [0.05, 0.1) is 17.7 Å². The summed E-state index contributed by atoms with van der Waals surface area (Å²) in [7, 11) is 1.48. The number of carbonyl (C=O) groups is 2. The van der Waals surface area contributed by atoms with E-state index >= 15 is 0 Å². The quantitative estimate of drug-likeness (QED) is 0.506. The first-order chi connectivity index (χ1) is 11.3. The monoisotopic (exact) mass is 338 g/mol. The number of nitro groups is 1. The standard InChI is InChI=1S/C15H22N4O5/c1-11(20)16-6-8-18(9-7-17-12(2)21)14-10-13(19(22)23)4-5-15(14)24-3/h4-5,10H,6-9H2,1-3H3,(H,16,20)(H,17,21). The summed E-state index contributed by atoms with van der Waals surface area (Å²) in [5.74, 6) is 0.150. The Bertz CT molecular complexity index is 586. The average Bonchev–Trinajstić information content (AvgIpc) is 2.52. The predicted molar refractivity (Wildman–Crippen MR) is 89.2 cm³/mol.